The van der Waals surface area contributed by atoms with Crippen molar-refractivity contribution in [2.24, 2.45) is 0 Å². The number of H-pyrrole nitrogens is 1. The monoisotopic (exact) mass is 352 g/mol. The molecule has 1 aromatic heterocycles. The lowest BCUT2D eigenvalue weighted by atomic mass is 10.1. The van der Waals surface area contributed by atoms with E-state index in [2.05, 4.69) is 15.5 Å². The molecule has 0 aliphatic rings. The summed E-state index contributed by atoms with van der Waals surface area (Å²) >= 11 is 5.29. The largest absolute Gasteiger partial charge is 0.348 e. The second kappa shape index (κ2) is 7.44. The number of carbonyl (C=O) groups excluding carboxylic acids is 1. The summed E-state index contributed by atoms with van der Waals surface area (Å²) in [6.45, 7) is 4.11. The van der Waals surface area contributed by atoms with Crippen LogP contribution in [0.1, 0.15) is 24.1 Å². The maximum atomic E-state index is 12.5. The number of nitrogens with one attached hydrogen (secondary N) is 2. The Morgan fingerprint density at radius 1 is 1.20 bits per heavy atom. The van der Waals surface area contributed by atoms with E-state index in [4.69, 9.17) is 12.2 Å². The Balaban J connectivity index is 1.77. The fourth-order valence-electron chi connectivity index (χ4n) is 2.64. The predicted molar refractivity (Wildman–Crippen MR) is 101 cm³/mol. The molecule has 0 aliphatic heterocycles. The minimum atomic E-state index is -0.109. The van der Waals surface area contributed by atoms with E-state index in [0.29, 0.717) is 10.6 Å². The lowest BCUT2D eigenvalue weighted by Crippen LogP contribution is -2.30. The van der Waals surface area contributed by atoms with Crippen molar-refractivity contribution >= 4 is 18.1 Å². The molecule has 0 fully saturated rings. The number of hydrogen-bond acceptors (Lipinski definition) is 3. The SMILES string of the molecule is Cc1ccc(-c2n[nH]c(=S)n2CC(=O)NC(C)c2ccccc2)cc1. The topological polar surface area (TPSA) is 62.7 Å². The van der Waals surface area contributed by atoms with Gasteiger partial charge in [-0.2, -0.15) is 5.10 Å². The maximum Gasteiger partial charge on any atom is 0.240 e. The van der Waals surface area contributed by atoms with Gasteiger partial charge in [0.05, 0.1) is 6.04 Å². The van der Waals surface area contributed by atoms with Crippen molar-refractivity contribution < 1.29 is 4.79 Å². The summed E-state index contributed by atoms with van der Waals surface area (Å²) in [5, 5.41) is 10.1. The van der Waals surface area contributed by atoms with Gasteiger partial charge in [0.1, 0.15) is 6.54 Å². The number of hydrogen-bond donors (Lipinski definition) is 2. The zero-order chi connectivity index (χ0) is 17.8. The van der Waals surface area contributed by atoms with E-state index in [9.17, 15) is 4.79 Å². The maximum absolute atomic E-state index is 12.5. The zero-order valence-electron chi connectivity index (χ0n) is 14.2. The summed E-state index contributed by atoms with van der Waals surface area (Å²) in [6, 6.07) is 17.7. The number of nitrogens with zero attached hydrogens (tertiary/aromatic N) is 2. The lowest BCUT2D eigenvalue weighted by Gasteiger charge is -2.15. The molecule has 1 atom stereocenters. The van der Waals surface area contributed by atoms with Gasteiger partial charge in [-0.05, 0) is 31.6 Å². The van der Waals surface area contributed by atoms with Gasteiger partial charge in [0.2, 0.25) is 5.91 Å². The first-order chi connectivity index (χ1) is 12.0. The van der Waals surface area contributed by atoms with Gasteiger partial charge in [-0.1, -0.05) is 60.2 Å². The molecule has 2 aromatic carbocycles. The van der Waals surface area contributed by atoms with Crippen molar-refractivity contribution in [1.29, 1.82) is 0 Å². The van der Waals surface area contributed by atoms with Crippen molar-refractivity contribution in [2.45, 2.75) is 26.4 Å². The van der Waals surface area contributed by atoms with Gasteiger partial charge in [-0.15, -0.1) is 0 Å². The Morgan fingerprint density at radius 2 is 1.88 bits per heavy atom. The van der Waals surface area contributed by atoms with Gasteiger partial charge < -0.3 is 5.32 Å². The molecule has 128 valence electrons. The van der Waals surface area contributed by atoms with Crippen molar-refractivity contribution in [3.8, 4) is 11.4 Å². The third-order valence-electron chi connectivity index (χ3n) is 4.05. The van der Waals surface area contributed by atoms with Crippen LogP contribution >= 0.6 is 12.2 Å². The van der Waals surface area contributed by atoms with Crippen LogP contribution in [-0.2, 0) is 11.3 Å². The highest BCUT2D eigenvalue weighted by molar-refractivity contribution is 7.71. The van der Waals surface area contributed by atoms with Crippen LogP contribution in [0, 0.1) is 11.7 Å². The minimum absolute atomic E-state index is 0.0717. The zero-order valence-corrected chi connectivity index (χ0v) is 15.0. The molecule has 0 spiro atoms. The Kier molecular flexibility index (Phi) is 5.09. The molecule has 3 rings (SSSR count). The molecule has 3 aromatic rings. The second-order valence-electron chi connectivity index (χ2n) is 6.00. The number of aromatic nitrogens is 3. The summed E-state index contributed by atoms with van der Waals surface area (Å²) < 4.78 is 2.14. The van der Waals surface area contributed by atoms with E-state index in [0.717, 1.165) is 11.1 Å². The summed E-state index contributed by atoms with van der Waals surface area (Å²) in [5.41, 5.74) is 3.14. The molecule has 25 heavy (non-hydrogen) atoms. The van der Waals surface area contributed by atoms with Crippen molar-refractivity contribution in [3.05, 3.63) is 70.5 Å². The van der Waals surface area contributed by atoms with Crippen molar-refractivity contribution in [2.75, 3.05) is 0 Å². The highest BCUT2D eigenvalue weighted by atomic mass is 32.1. The smallest absolute Gasteiger partial charge is 0.240 e. The average molecular weight is 352 g/mol. The van der Waals surface area contributed by atoms with E-state index in [-0.39, 0.29) is 18.5 Å². The fourth-order valence-corrected chi connectivity index (χ4v) is 2.84. The Morgan fingerprint density at radius 3 is 2.56 bits per heavy atom. The van der Waals surface area contributed by atoms with Gasteiger partial charge in [-0.3, -0.25) is 14.5 Å². The van der Waals surface area contributed by atoms with Crippen LogP contribution in [0.2, 0.25) is 0 Å². The molecule has 0 radical (unpaired) electrons. The van der Waals surface area contributed by atoms with Crippen molar-refractivity contribution in [1.82, 2.24) is 20.1 Å². The van der Waals surface area contributed by atoms with E-state index in [1.807, 2.05) is 68.4 Å². The fraction of sp³-hybridized carbons (Fsp3) is 0.211. The number of aromatic amines is 1. The minimum Gasteiger partial charge on any atom is -0.348 e. The molecular formula is C19H20N4OS. The van der Waals surface area contributed by atoms with Crippen LogP contribution < -0.4 is 5.32 Å². The van der Waals surface area contributed by atoms with Crippen LogP contribution in [-0.4, -0.2) is 20.7 Å². The van der Waals surface area contributed by atoms with Gasteiger partial charge >= 0.3 is 0 Å². The first kappa shape index (κ1) is 17.1. The summed E-state index contributed by atoms with van der Waals surface area (Å²) in [4.78, 5) is 12.5. The normalized spacial score (nSPS) is 11.9. The number of rotatable bonds is 5. The van der Waals surface area contributed by atoms with E-state index in [1.54, 1.807) is 4.57 Å². The van der Waals surface area contributed by atoms with Crippen LogP contribution in [0.4, 0.5) is 0 Å². The van der Waals surface area contributed by atoms with Gasteiger partial charge in [0.15, 0.2) is 10.6 Å². The third-order valence-corrected chi connectivity index (χ3v) is 4.36. The molecule has 2 N–H and O–H groups in total. The summed E-state index contributed by atoms with van der Waals surface area (Å²) in [5.74, 6) is 0.551. The Labute approximate surface area is 151 Å². The molecule has 1 amide bonds. The second-order valence-corrected chi connectivity index (χ2v) is 6.39. The predicted octanol–water partition coefficient (Wildman–Crippen LogP) is 3.79. The Bertz CT molecular complexity index is 913. The quantitative estimate of drug-likeness (QED) is 0.687. The van der Waals surface area contributed by atoms with Crippen LogP contribution in [0.3, 0.4) is 0 Å². The molecular weight excluding hydrogens is 332 g/mol. The van der Waals surface area contributed by atoms with Crippen molar-refractivity contribution in [3.63, 3.8) is 0 Å². The molecule has 1 unspecified atom stereocenters. The van der Waals surface area contributed by atoms with E-state index < -0.39 is 0 Å². The summed E-state index contributed by atoms with van der Waals surface area (Å²) in [7, 11) is 0. The molecule has 0 bridgehead atoms. The standard InChI is InChI=1S/C19H20N4OS/c1-13-8-10-16(11-9-13)18-21-22-19(25)23(18)12-17(24)20-14(2)15-6-4-3-5-7-15/h3-11,14H,12H2,1-2H3,(H,20,24)(H,22,25). The molecule has 0 saturated heterocycles. The van der Waals surface area contributed by atoms with Gasteiger partial charge in [-0.25, -0.2) is 0 Å². The molecule has 1 heterocycles. The molecule has 6 heteroatoms. The highest BCUT2D eigenvalue weighted by Crippen LogP contribution is 2.18. The number of benzene rings is 2. The third kappa shape index (κ3) is 4.03. The van der Waals surface area contributed by atoms with Crippen LogP contribution in [0.25, 0.3) is 11.4 Å². The van der Waals surface area contributed by atoms with Crippen LogP contribution in [0.15, 0.2) is 54.6 Å². The summed E-state index contributed by atoms with van der Waals surface area (Å²) in [6.07, 6.45) is 0. The molecule has 0 saturated carbocycles. The molecule has 5 nitrogen and oxygen atoms in total. The first-order valence-corrected chi connectivity index (χ1v) is 8.52. The van der Waals surface area contributed by atoms with Crippen LogP contribution in [0.5, 0.6) is 0 Å². The first-order valence-electron chi connectivity index (χ1n) is 8.11. The number of carbonyl (C=O) groups is 1. The lowest BCUT2D eigenvalue weighted by molar-refractivity contribution is -0.122. The van der Waals surface area contributed by atoms with Gasteiger partial charge in [0, 0.05) is 5.56 Å². The van der Waals surface area contributed by atoms with E-state index in [1.165, 1.54) is 5.56 Å². The average Bonchev–Trinajstić information content (AvgIpc) is 2.97. The van der Waals surface area contributed by atoms with E-state index >= 15 is 0 Å². The number of aryl methyl sites for hydroxylation is 1. The van der Waals surface area contributed by atoms with Gasteiger partial charge in [0.25, 0.3) is 0 Å². The highest BCUT2D eigenvalue weighted by Gasteiger charge is 2.14. The molecule has 0 aliphatic carbocycles. The number of amides is 1. The Hall–Kier alpha value is -2.73.